The van der Waals surface area contributed by atoms with E-state index in [1.807, 2.05) is 25.7 Å². The molecule has 1 aliphatic heterocycles. The molecule has 2 atom stereocenters. The van der Waals surface area contributed by atoms with E-state index < -0.39 is 5.60 Å². The third-order valence-corrected chi connectivity index (χ3v) is 3.69. The number of nitrogens with two attached hydrogens (primary N) is 1. The summed E-state index contributed by atoms with van der Waals surface area (Å²) in [4.78, 5) is 13.7. The van der Waals surface area contributed by atoms with Crippen LogP contribution in [0.2, 0.25) is 0 Å². The topological polar surface area (TPSA) is 55.6 Å². The highest BCUT2D eigenvalue weighted by Gasteiger charge is 2.41. The number of ether oxygens (including phenoxy) is 1. The molecule has 0 aromatic carbocycles. The molecule has 1 aliphatic carbocycles. The molecule has 4 nitrogen and oxygen atoms in total. The molecule has 2 unspecified atom stereocenters. The van der Waals surface area contributed by atoms with Gasteiger partial charge in [0.2, 0.25) is 0 Å². The highest BCUT2D eigenvalue weighted by Crippen LogP contribution is 2.40. The molecular weight excluding hydrogens is 216 g/mol. The summed E-state index contributed by atoms with van der Waals surface area (Å²) >= 11 is 0. The largest absolute Gasteiger partial charge is 0.444 e. The smallest absolute Gasteiger partial charge is 0.410 e. The van der Waals surface area contributed by atoms with Crippen molar-refractivity contribution in [3.63, 3.8) is 0 Å². The third kappa shape index (κ3) is 3.35. The Morgan fingerprint density at radius 3 is 2.24 bits per heavy atom. The van der Waals surface area contributed by atoms with Crippen molar-refractivity contribution in [3.8, 4) is 0 Å². The van der Waals surface area contributed by atoms with Gasteiger partial charge in [0.1, 0.15) is 5.60 Å². The van der Waals surface area contributed by atoms with E-state index >= 15 is 0 Å². The van der Waals surface area contributed by atoms with E-state index in [4.69, 9.17) is 10.5 Å². The molecule has 1 amide bonds. The van der Waals surface area contributed by atoms with Gasteiger partial charge in [-0.3, -0.25) is 0 Å². The van der Waals surface area contributed by atoms with Gasteiger partial charge in [-0.15, -0.1) is 0 Å². The third-order valence-electron chi connectivity index (χ3n) is 3.69. The van der Waals surface area contributed by atoms with E-state index in [0.29, 0.717) is 6.04 Å². The van der Waals surface area contributed by atoms with Crippen LogP contribution in [0.4, 0.5) is 4.79 Å². The maximum atomic E-state index is 11.8. The van der Waals surface area contributed by atoms with Gasteiger partial charge in [-0.25, -0.2) is 4.79 Å². The predicted molar refractivity (Wildman–Crippen MR) is 66.6 cm³/mol. The number of amides is 1. The lowest BCUT2D eigenvalue weighted by Crippen LogP contribution is -2.42. The van der Waals surface area contributed by atoms with E-state index in [1.54, 1.807) is 0 Å². The fourth-order valence-electron chi connectivity index (χ4n) is 2.61. The number of hydrogen-bond acceptors (Lipinski definition) is 3. The Bertz CT molecular complexity index is 290. The maximum Gasteiger partial charge on any atom is 0.410 e. The molecule has 1 saturated heterocycles. The van der Waals surface area contributed by atoms with Crippen molar-refractivity contribution in [1.82, 2.24) is 4.90 Å². The first-order valence-corrected chi connectivity index (χ1v) is 6.60. The number of rotatable bonds is 1. The van der Waals surface area contributed by atoms with Crippen LogP contribution in [0.1, 0.15) is 40.0 Å². The fourth-order valence-corrected chi connectivity index (χ4v) is 2.61. The van der Waals surface area contributed by atoms with E-state index in [0.717, 1.165) is 37.8 Å². The number of hydrogen-bond donors (Lipinski definition) is 1. The molecule has 0 spiro atoms. The maximum absolute atomic E-state index is 11.8. The van der Waals surface area contributed by atoms with Gasteiger partial charge in [-0.05, 0) is 51.9 Å². The van der Waals surface area contributed by atoms with Gasteiger partial charge in [-0.2, -0.15) is 0 Å². The molecule has 1 saturated carbocycles. The first-order chi connectivity index (χ1) is 7.87. The minimum Gasteiger partial charge on any atom is -0.444 e. The van der Waals surface area contributed by atoms with Crippen LogP contribution in [0.25, 0.3) is 0 Å². The van der Waals surface area contributed by atoms with Crippen LogP contribution >= 0.6 is 0 Å². The summed E-state index contributed by atoms with van der Waals surface area (Å²) in [7, 11) is 0. The van der Waals surface area contributed by atoms with Crippen LogP contribution in [0, 0.1) is 11.8 Å². The van der Waals surface area contributed by atoms with Gasteiger partial charge in [0, 0.05) is 19.1 Å². The van der Waals surface area contributed by atoms with Gasteiger partial charge in [0.15, 0.2) is 0 Å². The van der Waals surface area contributed by atoms with E-state index in [-0.39, 0.29) is 6.09 Å². The highest BCUT2D eigenvalue weighted by atomic mass is 16.6. The van der Waals surface area contributed by atoms with Crippen LogP contribution in [-0.2, 0) is 4.74 Å². The number of carbonyl (C=O) groups is 1. The summed E-state index contributed by atoms with van der Waals surface area (Å²) in [6.45, 7) is 7.36. The summed E-state index contributed by atoms with van der Waals surface area (Å²) in [6, 6.07) is 0.424. The van der Waals surface area contributed by atoms with Crippen LogP contribution in [0.15, 0.2) is 0 Å². The van der Waals surface area contributed by atoms with Crippen molar-refractivity contribution >= 4 is 6.09 Å². The van der Waals surface area contributed by atoms with Gasteiger partial charge in [-0.1, -0.05) is 0 Å². The lowest BCUT2D eigenvalue weighted by molar-refractivity contribution is 0.0175. The first kappa shape index (κ1) is 12.7. The minimum atomic E-state index is -0.396. The standard InChI is InChI=1S/C13H24N2O2/c1-13(2,3)17-12(16)15-6-4-9(5-7-15)10-8-11(10)14/h9-11H,4-8,14H2,1-3H3. The number of likely N-dealkylation sites (tertiary alicyclic amines) is 1. The molecule has 4 heteroatoms. The highest BCUT2D eigenvalue weighted by molar-refractivity contribution is 5.68. The van der Waals surface area contributed by atoms with E-state index in [1.165, 1.54) is 6.42 Å². The Morgan fingerprint density at radius 1 is 1.29 bits per heavy atom. The Morgan fingerprint density at radius 2 is 1.82 bits per heavy atom. The van der Waals surface area contributed by atoms with Gasteiger partial charge in [0.25, 0.3) is 0 Å². The Hall–Kier alpha value is -0.770. The van der Waals surface area contributed by atoms with Gasteiger partial charge >= 0.3 is 6.09 Å². The molecule has 1 heterocycles. The Kier molecular flexibility index (Phi) is 3.34. The Labute approximate surface area is 103 Å². The summed E-state index contributed by atoms with van der Waals surface area (Å²) in [5.74, 6) is 1.44. The quantitative estimate of drug-likeness (QED) is 0.762. The van der Waals surface area contributed by atoms with Crippen molar-refractivity contribution in [3.05, 3.63) is 0 Å². The molecule has 98 valence electrons. The van der Waals surface area contributed by atoms with E-state index in [9.17, 15) is 4.79 Å². The summed E-state index contributed by atoms with van der Waals surface area (Å²) in [5.41, 5.74) is 5.47. The van der Waals surface area contributed by atoms with Crippen LogP contribution in [-0.4, -0.2) is 35.7 Å². The monoisotopic (exact) mass is 240 g/mol. The summed E-state index contributed by atoms with van der Waals surface area (Å²) < 4.78 is 5.37. The van der Waals surface area contributed by atoms with Crippen LogP contribution in [0.5, 0.6) is 0 Å². The zero-order valence-corrected chi connectivity index (χ0v) is 11.1. The van der Waals surface area contributed by atoms with Gasteiger partial charge in [0.05, 0.1) is 0 Å². The number of piperidine rings is 1. The minimum absolute atomic E-state index is 0.170. The molecule has 2 fully saturated rings. The Balaban J connectivity index is 1.76. The summed E-state index contributed by atoms with van der Waals surface area (Å²) in [5, 5.41) is 0. The van der Waals surface area contributed by atoms with Crippen molar-refractivity contribution in [1.29, 1.82) is 0 Å². The molecule has 2 rings (SSSR count). The molecule has 2 N–H and O–H groups in total. The molecule has 0 aromatic rings. The normalized spacial score (nSPS) is 30.2. The zero-order valence-electron chi connectivity index (χ0n) is 11.1. The van der Waals surface area contributed by atoms with Crippen LogP contribution in [0.3, 0.4) is 0 Å². The van der Waals surface area contributed by atoms with E-state index in [2.05, 4.69) is 0 Å². The molecular formula is C13H24N2O2. The second-order valence-electron chi connectivity index (χ2n) is 6.37. The van der Waals surface area contributed by atoms with Crippen molar-refractivity contribution in [2.24, 2.45) is 17.6 Å². The van der Waals surface area contributed by atoms with Gasteiger partial charge < -0.3 is 15.4 Å². The average molecular weight is 240 g/mol. The molecule has 0 bridgehead atoms. The number of carbonyl (C=O) groups excluding carboxylic acids is 1. The average Bonchev–Trinajstić information content (AvgIpc) is 2.93. The SMILES string of the molecule is CC(C)(C)OC(=O)N1CCC(C2CC2N)CC1. The second-order valence-corrected chi connectivity index (χ2v) is 6.37. The predicted octanol–water partition coefficient (Wildman–Crippen LogP) is 1.98. The lowest BCUT2D eigenvalue weighted by atomic mass is 9.92. The fraction of sp³-hybridized carbons (Fsp3) is 0.923. The molecule has 0 radical (unpaired) electrons. The number of nitrogens with zero attached hydrogens (tertiary/aromatic N) is 1. The molecule has 2 aliphatic rings. The van der Waals surface area contributed by atoms with Crippen LogP contribution < -0.4 is 5.73 Å². The first-order valence-electron chi connectivity index (χ1n) is 6.60. The second kappa shape index (κ2) is 4.48. The van der Waals surface area contributed by atoms with Crippen molar-refractivity contribution in [2.45, 2.75) is 51.7 Å². The zero-order chi connectivity index (χ0) is 12.6. The summed E-state index contributed by atoms with van der Waals surface area (Å²) in [6.07, 6.45) is 3.17. The lowest BCUT2D eigenvalue weighted by Gasteiger charge is -2.33. The van der Waals surface area contributed by atoms with Crippen molar-refractivity contribution in [2.75, 3.05) is 13.1 Å². The van der Waals surface area contributed by atoms with Crippen molar-refractivity contribution < 1.29 is 9.53 Å². The molecule has 0 aromatic heterocycles. The molecule has 17 heavy (non-hydrogen) atoms.